The zero-order chi connectivity index (χ0) is 59.2. The van der Waals surface area contributed by atoms with Gasteiger partial charge >= 0.3 is 0 Å². The topological polar surface area (TPSA) is 22.9 Å². The van der Waals surface area contributed by atoms with Gasteiger partial charge in [-0.1, -0.05) is 197 Å². The average molecular weight is 1110 g/mol. The van der Waals surface area contributed by atoms with Gasteiger partial charge in [-0.05, 0) is 201 Å². The summed E-state index contributed by atoms with van der Waals surface area (Å²) >= 11 is 0. The maximum absolute atomic E-state index is 6.75. The van der Waals surface area contributed by atoms with E-state index >= 15 is 0 Å². The highest BCUT2D eigenvalue weighted by atomic mass is 16.3. The lowest BCUT2D eigenvalue weighted by atomic mass is 9.33. The van der Waals surface area contributed by atoms with Crippen LogP contribution in [0, 0.1) is 27.7 Å². The zero-order valence-corrected chi connectivity index (χ0v) is 52.2. The van der Waals surface area contributed by atoms with Crippen molar-refractivity contribution in [2.24, 2.45) is 0 Å². The normalized spacial score (nSPS) is 15.0. The summed E-state index contributed by atoms with van der Waals surface area (Å²) < 4.78 is 6.75. The molecule has 4 nitrogen and oxygen atoms in total. The van der Waals surface area contributed by atoms with Crippen molar-refractivity contribution in [1.29, 1.82) is 0 Å². The van der Waals surface area contributed by atoms with Gasteiger partial charge in [0.05, 0.1) is 17.1 Å². The molecule has 0 saturated carbocycles. The fraction of sp³-hybridized carbons (Fsp3) is 0.250. The second-order valence-electron chi connectivity index (χ2n) is 28.2. The highest BCUT2D eigenvalue weighted by Gasteiger charge is 2.48. The number of para-hydroxylation sites is 4. The van der Waals surface area contributed by atoms with E-state index in [2.05, 4.69) is 306 Å². The van der Waals surface area contributed by atoms with E-state index in [0.29, 0.717) is 0 Å². The van der Waals surface area contributed by atoms with Crippen molar-refractivity contribution in [2.45, 2.75) is 131 Å². The standard InChI is InChI=1S/C80H78BN3O/c1-49-24-22-25-50(2)74(49)84-69-48-64-63(79(11,12)40-41-80(64,13)14)47-66(69)81-65-39-38-58(82(57-36-34-55(35-37-57)77(5,6)7)67-32-20-18-28-59(67)53-26-16-15-17-27-53)46-68(65)83(70-44-56(78(8,9)10)45-71(84)73(70)81)75-51(3)42-54(43-52(75)4)60-30-23-31-62-61-29-19-21-33-72(61)85-76(60)62/h15-39,42-48H,40-41H2,1-14H3. The van der Waals surface area contributed by atoms with Crippen LogP contribution in [0.4, 0.5) is 51.2 Å². The van der Waals surface area contributed by atoms with E-state index in [1.54, 1.807) is 0 Å². The van der Waals surface area contributed by atoms with Crippen LogP contribution < -0.4 is 31.1 Å². The molecule has 10 aromatic carbocycles. The van der Waals surface area contributed by atoms with E-state index in [-0.39, 0.29) is 28.4 Å². The molecule has 11 aromatic rings. The number of rotatable bonds is 7. The van der Waals surface area contributed by atoms with E-state index in [9.17, 15) is 0 Å². The second kappa shape index (κ2) is 19.5. The third-order valence-corrected chi connectivity index (χ3v) is 19.5. The first kappa shape index (κ1) is 54.4. The lowest BCUT2D eigenvalue weighted by molar-refractivity contribution is 0.332. The minimum absolute atomic E-state index is 0.00291. The van der Waals surface area contributed by atoms with Gasteiger partial charge in [0.2, 0.25) is 0 Å². The Morgan fingerprint density at radius 1 is 0.435 bits per heavy atom. The maximum Gasteiger partial charge on any atom is 0.252 e. The van der Waals surface area contributed by atoms with Gasteiger partial charge in [-0.15, -0.1) is 0 Å². The van der Waals surface area contributed by atoms with Gasteiger partial charge in [0.1, 0.15) is 11.2 Å². The molecule has 85 heavy (non-hydrogen) atoms. The van der Waals surface area contributed by atoms with Crippen LogP contribution in [0.2, 0.25) is 0 Å². The SMILES string of the molecule is Cc1cc(-c2cccc3c2oc2ccccc23)cc(C)c1N1c2cc(N(c3ccc(C(C)(C)C)cc3)c3ccccc3-c3ccccc3)ccc2B2c3cc4c(cc3N(c3c(C)cccc3C)c3cc(C(C)(C)C)cc1c32)C(C)(C)CCC4(C)C. The van der Waals surface area contributed by atoms with E-state index in [4.69, 9.17) is 4.42 Å². The van der Waals surface area contributed by atoms with Gasteiger partial charge in [0.15, 0.2) is 0 Å². The fourth-order valence-electron chi connectivity index (χ4n) is 14.8. The molecule has 0 amide bonds. The molecule has 2 aliphatic heterocycles. The minimum atomic E-state index is -0.195. The third kappa shape index (κ3) is 8.77. The van der Waals surface area contributed by atoms with Gasteiger partial charge in [-0.25, -0.2) is 0 Å². The number of nitrogens with zero attached hydrogens (tertiary/aromatic N) is 3. The molecule has 0 N–H and O–H groups in total. The van der Waals surface area contributed by atoms with Crippen LogP contribution in [0.5, 0.6) is 0 Å². The first-order valence-electron chi connectivity index (χ1n) is 30.8. The Bertz CT molecular complexity index is 4460. The average Bonchev–Trinajstić information content (AvgIpc) is 1.18. The molecule has 422 valence electrons. The fourth-order valence-corrected chi connectivity index (χ4v) is 14.8. The van der Waals surface area contributed by atoms with E-state index in [1.165, 1.54) is 106 Å². The Labute approximate surface area is 504 Å². The molecule has 1 aromatic heterocycles. The number of fused-ring (bicyclic) bond motifs is 8. The molecule has 0 fully saturated rings. The smallest absolute Gasteiger partial charge is 0.252 e. The summed E-state index contributed by atoms with van der Waals surface area (Å²) in [6, 6.07) is 73.8. The van der Waals surface area contributed by atoms with Crippen molar-refractivity contribution in [3.05, 3.63) is 239 Å². The summed E-state index contributed by atoms with van der Waals surface area (Å²) in [5.41, 5.74) is 31.4. The highest BCUT2D eigenvalue weighted by molar-refractivity contribution is 7.00. The van der Waals surface area contributed by atoms with E-state index in [0.717, 1.165) is 63.0 Å². The largest absolute Gasteiger partial charge is 0.455 e. The van der Waals surface area contributed by atoms with Crippen LogP contribution in [0.15, 0.2) is 199 Å². The number of hydrogen-bond donors (Lipinski definition) is 0. The van der Waals surface area contributed by atoms with Gasteiger partial charge in [0, 0.05) is 56.0 Å². The lowest BCUT2D eigenvalue weighted by Crippen LogP contribution is -2.62. The van der Waals surface area contributed by atoms with Crippen molar-refractivity contribution < 1.29 is 4.42 Å². The van der Waals surface area contributed by atoms with E-state index < -0.39 is 0 Å². The molecule has 1 aliphatic carbocycles. The Morgan fingerprint density at radius 2 is 0.976 bits per heavy atom. The first-order valence-corrected chi connectivity index (χ1v) is 30.8. The van der Waals surface area contributed by atoms with E-state index in [1.807, 2.05) is 0 Å². The van der Waals surface area contributed by atoms with Crippen LogP contribution in [0.25, 0.3) is 44.2 Å². The predicted molar refractivity (Wildman–Crippen MR) is 365 cm³/mol. The van der Waals surface area contributed by atoms with Crippen molar-refractivity contribution in [1.82, 2.24) is 0 Å². The van der Waals surface area contributed by atoms with Crippen molar-refractivity contribution in [2.75, 3.05) is 14.7 Å². The monoisotopic (exact) mass is 1110 g/mol. The number of furan rings is 1. The molecule has 3 heterocycles. The Hall–Kier alpha value is -8.54. The zero-order valence-electron chi connectivity index (χ0n) is 52.2. The molecular weight excluding hydrogens is 1030 g/mol. The second-order valence-corrected chi connectivity index (χ2v) is 28.2. The summed E-state index contributed by atoms with van der Waals surface area (Å²) in [5.74, 6) is 0. The Kier molecular flexibility index (Phi) is 12.5. The lowest BCUT2D eigenvalue weighted by Gasteiger charge is -2.48. The number of hydrogen-bond acceptors (Lipinski definition) is 4. The summed E-state index contributed by atoms with van der Waals surface area (Å²) in [6.07, 6.45) is 2.28. The van der Waals surface area contributed by atoms with Crippen LogP contribution in [-0.4, -0.2) is 6.71 Å². The number of benzene rings is 10. The van der Waals surface area contributed by atoms with Crippen molar-refractivity contribution in [3.8, 4) is 22.3 Å². The minimum Gasteiger partial charge on any atom is -0.455 e. The van der Waals surface area contributed by atoms with Crippen LogP contribution in [0.3, 0.4) is 0 Å². The molecule has 0 saturated heterocycles. The molecule has 3 aliphatic rings. The van der Waals surface area contributed by atoms with Gasteiger partial charge in [0.25, 0.3) is 6.71 Å². The van der Waals surface area contributed by atoms with Crippen molar-refractivity contribution >= 4 is 96.2 Å². The van der Waals surface area contributed by atoms with Crippen LogP contribution in [0.1, 0.15) is 127 Å². The predicted octanol–water partition coefficient (Wildman–Crippen LogP) is 20.7. The number of aryl methyl sites for hydroxylation is 4. The van der Waals surface area contributed by atoms with Gasteiger partial charge < -0.3 is 19.1 Å². The summed E-state index contributed by atoms with van der Waals surface area (Å²) in [6.45, 7) is 33.2. The molecular formula is C80H78BN3O. The maximum atomic E-state index is 6.75. The highest BCUT2D eigenvalue weighted by Crippen LogP contribution is 2.54. The van der Waals surface area contributed by atoms with Gasteiger partial charge in [-0.3, -0.25) is 0 Å². The molecule has 0 bridgehead atoms. The Morgan fingerprint density at radius 3 is 1.64 bits per heavy atom. The summed E-state index contributed by atoms with van der Waals surface area (Å²) in [5, 5.41) is 2.27. The Balaban J connectivity index is 1.10. The third-order valence-electron chi connectivity index (χ3n) is 19.5. The number of anilines is 9. The summed E-state index contributed by atoms with van der Waals surface area (Å²) in [4.78, 5) is 7.89. The van der Waals surface area contributed by atoms with Crippen molar-refractivity contribution in [3.63, 3.8) is 0 Å². The molecule has 0 unspecified atom stereocenters. The molecule has 0 atom stereocenters. The molecule has 5 heteroatoms. The quantitative estimate of drug-likeness (QED) is 0.148. The summed E-state index contributed by atoms with van der Waals surface area (Å²) in [7, 11) is 0. The molecule has 0 spiro atoms. The molecule has 14 rings (SSSR count). The molecule has 0 radical (unpaired) electrons. The van der Waals surface area contributed by atoms with Gasteiger partial charge in [-0.2, -0.15) is 0 Å². The first-order chi connectivity index (χ1) is 40.6. The van der Waals surface area contributed by atoms with Crippen LogP contribution >= 0.6 is 0 Å². The van der Waals surface area contributed by atoms with Crippen LogP contribution in [-0.2, 0) is 21.7 Å².